The van der Waals surface area contributed by atoms with Crippen LogP contribution in [0.4, 0.5) is 16.2 Å². The minimum Gasteiger partial charge on any atom is -0.306 e. The first-order chi connectivity index (χ1) is 17.3. The van der Waals surface area contributed by atoms with Gasteiger partial charge in [-0.25, -0.2) is 4.79 Å². The van der Waals surface area contributed by atoms with E-state index in [-0.39, 0.29) is 11.7 Å². The van der Waals surface area contributed by atoms with Crippen LogP contribution in [0, 0.1) is 10.1 Å². The van der Waals surface area contributed by atoms with Gasteiger partial charge < -0.3 is 5.32 Å². The van der Waals surface area contributed by atoms with Crippen molar-refractivity contribution in [3.8, 4) is 11.1 Å². The minimum atomic E-state index is -0.798. The molecule has 178 valence electrons. The van der Waals surface area contributed by atoms with Crippen molar-refractivity contribution >= 4 is 17.4 Å². The normalized spacial score (nSPS) is 21.4. The van der Waals surface area contributed by atoms with Crippen molar-refractivity contribution in [1.29, 1.82) is 0 Å². The summed E-state index contributed by atoms with van der Waals surface area (Å²) in [4.78, 5) is 30.5. The fourth-order valence-electron chi connectivity index (χ4n) is 5.47. The van der Waals surface area contributed by atoms with Crippen LogP contribution in [0.15, 0.2) is 97.1 Å². The molecule has 1 aliphatic carbocycles. The van der Waals surface area contributed by atoms with E-state index in [4.69, 9.17) is 4.84 Å². The second-order valence-corrected chi connectivity index (χ2v) is 9.39. The Labute approximate surface area is 208 Å². The first-order valence-corrected chi connectivity index (χ1v) is 11.7. The number of nitrogens with zero attached hydrogens (tertiary/aromatic N) is 2. The van der Waals surface area contributed by atoms with Crippen LogP contribution >= 0.6 is 0 Å². The third-order valence-corrected chi connectivity index (χ3v) is 7.34. The summed E-state index contributed by atoms with van der Waals surface area (Å²) >= 11 is 0. The zero-order valence-electron chi connectivity index (χ0n) is 19.8. The van der Waals surface area contributed by atoms with Crippen molar-refractivity contribution in [2.45, 2.75) is 25.0 Å². The van der Waals surface area contributed by atoms with Crippen LogP contribution in [0.25, 0.3) is 11.1 Å². The summed E-state index contributed by atoms with van der Waals surface area (Å²) in [7, 11) is 0. The van der Waals surface area contributed by atoms with Crippen LogP contribution in [-0.4, -0.2) is 16.0 Å². The molecule has 7 nitrogen and oxygen atoms in total. The second kappa shape index (κ2) is 7.76. The van der Waals surface area contributed by atoms with Gasteiger partial charge in [0.05, 0.1) is 4.92 Å². The van der Waals surface area contributed by atoms with Gasteiger partial charge in [0.25, 0.3) is 5.69 Å². The van der Waals surface area contributed by atoms with Crippen molar-refractivity contribution in [3.05, 3.63) is 129 Å². The summed E-state index contributed by atoms with van der Waals surface area (Å²) in [6, 6.07) is 29.6. The number of non-ortho nitro benzene ring substituents is 1. The number of hydroxylamine groups is 2. The molecule has 0 atom stereocenters. The maximum atomic E-state index is 13.6. The van der Waals surface area contributed by atoms with E-state index in [1.807, 2.05) is 62.4 Å². The average molecular weight is 478 g/mol. The Bertz CT molecular complexity index is 1470. The number of nitro benzene ring substituents is 1. The third-order valence-electron chi connectivity index (χ3n) is 7.34. The Kier molecular flexibility index (Phi) is 4.74. The summed E-state index contributed by atoms with van der Waals surface area (Å²) in [6.07, 6.45) is 0. The van der Waals surface area contributed by atoms with Gasteiger partial charge in [-0.3, -0.25) is 15.0 Å². The number of benzene rings is 4. The van der Waals surface area contributed by atoms with Gasteiger partial charge >= 0.3 is 6.03 Å². The Morgan fingerprint density at radius 1 is 0.778 bits per heavy atom. The number of hydrogen-bond acceptors (Lipinski definition) is 4. The van der Waals surface area contributed by atoms with E-state index in [0.717, 1.165) is 33.4 Å². The third kappa shape index (κ3) is 3.06. The molecule has 0 aromatic heterocycles. The Balaban J connectivity index is 1.30. The number of amides is 2. The predicted octanol–water partition coefficient (Wildman–Crippen LogP) is 6.58. The Hall–Kier alpha value is -4.49. The van der Waals surface area contributed by atoms with Gasteiger partial charge in [0.2, 0.25) is 0 Å². The van der Waals surface area contributed by atoms with Crippen LogP contribution in [0.1, 0.15) is 36.1 Å². The van der Waals surface area contributed by atoms with E-state index in [9.17, 15) is 14.9 Å². The van der Waals surface area contributed by atoms with Crippen molar-refractivity contribution in [2.75, 3.05) is 5.32 Å². The Morgan fingerprint density at radius 3 is 1.75 bits per heavy atom. The molecule has 4 aromatic carbocycles. The summed E-state index contributed by atoms with van der Waals surface area (Å²) in [6.45, 7) is 4.02. The fourth-order valence-corrected chi connectivity index (χ4v) is 5.47. The lowest BCUT2D eigenvalue weighted by atomic mass is 9.65. The molecule has 2 amide bonds. The molecule has 0 saturated heterocycles. The van der Waals surface area contributed by atoms with E-state index >= 15 is 0 Å². The van der Waals surface area contributed by atoms with E-state index in [1.54, 1.807) is 12.1 Å². The highest BCUT2D eigenvalue weighted by Crippen LogP contribution is 2.57. The second-order valence-electron chi connectivity index (χ2n) is 9.39. The quantitative estimate of drug-likeness (QED) is 0.267. The molecule has 0 unspecified atom stereocenters. The fraction of sp³-hybridized carbons (Fsp3) is 0.138. The van der Waals surface area contributed by atoms with Crippen LogP contribution < -0.4 is 5.32 Å². The molecule has 4 aromatic rings. The molecular weight excluding hydrogens is 454 g/mol. The molecule has 1 N–H and O–H groups in total. The number of anilines is 1. The van der Waals surface area contributed by atoms with Gasteiger partial charge in [0, 0.05) is 17.8 Å². The van der Waals surface area contributed by atoms with E-state index in [1.165, 1.54) is 17.2 Å². The Morgan fingerprint density at radius 2 is 1.25 bits per heavy atom. The molecule has 7 rings (SSSR count). The minimum absolute atomic E-state index is 0.0452. The average Bonchev–Trinajstić information content (AvgIpc) is 2.91. The van der Waals surface area contributed by atoms with Crippen LogP contribution in [0.3, 0.4) is 0 Å². The number of carbonyl (C=O) groups excluding carboxylic acids is 1. The van der Waals surface area contributed by atoms with Crippen LogP contribution in [0.5, 0.6) is 0 Å². The highest BCUT2D eigenvalue weighted by molar-refractivity contribution is 5.90. The van der Waals surface area contributed by atoms with Gasteiger partial charge in [0.1, 0.15) is 11.1 Å². The molecule has 2 heterocycles. The molecule has 2 aliphatic heterocycles. The van der Waals surface area contributed by atoms with E-state index < -0.39 is 16.1 Å². The van der Waals surface area contributed by atoms with Crippen molar-refractivity contribution < 1.29 is 14.6 Å². The van der Waals surface area contributed by atoms with Crippen molar-refractivity contribution in [2.24, 2.45) is 0 Å². The summed E-state index contributed by atoms with van der Waals surface area (Å²) in [5.74, 6) is 0. The number of hydrogen-bond donors (Lipinski definition) is 1. The SMILES string of the molecule is CC12ON(C(=O)Nc3ccc(-c4ccc([N+](=O)[O-])cc4)cc3)C(C)(c3ccccc31)c1ccccc12. The standard InChI is InChI=1S/C29H23N3O4/c1-28-23-7-3-5-9-25(23)29(2,26-10-6-4-8-24(26)28)36-31(28)27(33)30-21-15-11-19(12-16-21)20-13-17-22(18-14-20)32(34)35/h3-18H,1-2H3,(H,30,33). The number of rotatable bonds is 3. The van der Waals surface area contributed by atoms with E-state index in [0.29, 0.717) is 5.69 Å². The lowest BCUT2D eigenvalue weighted by Crippen LogP contribution is -2.62. The molecule has 0 radical (unpaired) electrons. The van der Waals surface area contributed by atoms with Crippen LogP contribution in [-0.2, 0) is 16.0 Å². The first kappa shape index (κ1) is 22.0. The molecular formula is C29H23N3O4. The van der Waals surface area contributed by atoms with Crippen molar-refractivity contribution in [1.82, 2.24) is 5.06 Å². The lowest BCUT2D eigenvalue weighted by molar-refractivity contribution is -0.384. The zero-order valence-corrected chi connectivity index (χ0v) is 19.8. The highest BCUT2D eigenvalue weighted by atomic mass is 16.7. The van der Waals surface area contributed by atoms with Gasteiger partial charge in [-0.1, -0.05) is 60.7 Å². The van der Waals surface area contributed by atoms with Gasteiger partial charge in [-0.05, 0) is 71.5 Å². The zero-order chi connectivity index (χ0) is 25.1. The van der Waals surface area contributed by atoms with E-state index in [2.05, 4.69) is 29.6 Å². The monoisotopic (exact) mass is 477 g/mol. The number of nitrogens with one attached hydrogen (secondary N) is 1. The number of fused-ring (bicyclic) bond motifs is 1. The maximum absolute atomic E-state index is 13.6. The summed E-state index contributed by atoms with van der Waals surface area (Å²) in [5.41, 5.74) is 5.01. The molecule has 0 saturated carbocycles. The molecule has 36 heavy (non-hydrogen) atoms. The molecule has 0 spiro atoms. The highest BCUT2D eigenvalue weighted by Gasteiger charge is 2.58. The largest absolute Gasteiger partial charge is 0.346 e. The lowest BCUT2D eigenvalue weighted by Gasteiger charge is -2.57. The van der Waals surface area contributed by atoms with Gasteiger partial charge in [-0.2, -0.15) is 5.06 Å². The molecule has 3 aliphatic rings. The predicted molar refractivity (Wildman–Crippen MR) is 136 cm³/mol. The summed E-state index contributed by atoms with van der Waals surface area (Å²) in [5, 5.41) is 15.3. The topological polar surface area (TPSA) is 84.7 Å². The number of carbonyl (C=O) groups is 1. The van der Waals surface area contributed by atoms with Gasteiger partial charge in [-0.15, -0.1) is 0 Å². The smallest absolute Gasteiger partial charge is 0.306 e. The maximum Gasteiger partial charge on any atom is 0.346 e. The number of nitro groups is 1. The molecule has 7 heteroatoms. The van der Waals surface area contributed by atoms with Gasteiger partial charge in [0.15, 0.2) is 0 Å². The summed E-state index contributed by atoms with van der Waals surface area (Å²) < 4.78 is 0. The van der Waals surface area contributed by atoms with Crippen molar-refractivity contribution in [3.63, 3.8) is 0 Å². The first-order valence-electron chi connectivity index (χ1n) is 11.7. The molecule has 2 bridgehead atoms. The van der Waals surface area contributed by atoms with Crippen LogP contribution in [0.2, 0.25) is 0 Å². The number of urea groups is 1. The molecule has 0 fully saturated rings.